The molecule has 0 aliphatic rings. The average molecular weight is 207 g/mol. The number of hydrogen-bond acceptors (Lipinski definition) is 3. The Morgan fingerprint density at radius 2 is 2.20 bits per heavy atom. The van der Waals surface area contributed by atoms with Gasteiger partial charge in [-0.1, -0.05) is 13.0 Å². The van der Waals surface area contributed by atoms with Gasteiger partial charge >= 0.3 is 0 Å². The first-order chi connectivity index (χ1) is 7.22. The lowest BCUT2D eigenvalue weighted by molar-refractivity contribution is 0.348. The van der Waals surface area contributed by atoms with Gasteiger partial charge in [-0.15, -0.1) is 0 Å². The van der Waals surface area contributed by atoms with Crippen LogP contribution < -0.4 is 5.32 Å². The minimum absolute atomic E-state index is 0.860. The van der Waals surface area contributed by atoms with E-state index in [0.717, 1.165) is 37.6 Å². The summed E-state index contributed by atoms with van der Waals surface area (Å²) in [6.45, 7) is 8.25. The third kappa shape index (κ3) is 4.91. The second-order valence-corrected chi connectivity index (χ2v) is 3.84. The molecule has 0 aromatic carbocycles. The molecule has 3 heteroatoms. The van der Waals surface area contributed by atoms with Gasteiger partial charge in [0.05, 0.1) is 5.69 Å². The van der Waals surface area contributed by atoms with Crippen molar-refractivity contribution in [3.8, 4) is 0 Å². The molecule has 1 N–H and O–H groups in total. The van der Waals surface area contributed by atoms with Crippen LogP contribution in [-0.2, 0) is 6.54 Å². The Morgan fingerprint density at radius 3 is 2.87 bits per heavy atom. The van der Waals surface area contributed by atoms with Crippen molar-refractivity contribution in [3.63, 3.8) is 0 Å². The number of pyridine rings is 1. The highest BCUT2D eigenvalue weighted by molar-refractivity contribution is 5.09. The third-order valence-electron chi connectivity index (χ3n) is 2.46. The van der Waals surface area contributed by atoms with Crippen LogP contribution in [0.3, 0.4) is 0 Å². The van der Waals surface area contributed by atoms with Crippen LogP contribution in [0.5, 0.6) is 0 Å². The van der Waals surface area contributed by atoms with Gasteiger partial charge in [-0.3, -0.25) is 4.98 Å². The molecule has 0 spiro atoms. The summed E-state index contributed by atoms with van der Waals surface area (Å²) in [5.74, 6) is 0. The SMILES string of the molecule is CCN(C)CCNCc1cccc(C)n1. The zero-order valence-corrected chi connectivity index (χ0v) is 9.95. The number of nitrogens with zero attached hydrogens (tertiary/aromatic N) is 2. The quantitative estimate of drug-likeness (QED) is 0.715. The fraction of sp³-hybridized carbons (Fsp3) is 0.583. The standard InChI is InChI=1S/C12H21N3/c1-4-15(3)9-8-13-10-12-7-5-6-11(2)14-12/h5-7,13H,4,8-10H2,1-3H3. The van der Waals surface area contributed by atoms with E-state index in [1.165, 1.54) is 0 Å². The first-order valence-electron chi connectivity index (χ1n) is 5.54. The number of aryl methyl sites for hydroxylation is 1. The highest BCUT2D eigenvalue weighted by Crippen LogP contribution is 1.96. The molecule has 1 aromatic rings. The van der Waals surface area contributed by atoms with Crippen LogP contribution >= 0.6 is 0 Å². The number of aromatic nitrogens is 1. The fourth-order valence-corrected chi connectivity index (χ4v) is 1.34. The van der Waals surface area contributed by atoms with E-state index >= 15 is 0 Å². The Morgan fingerprint density at radius 1 is 1.40 bits per heavy atom. The molecule has 1 heterocycles. The van der Waals surface area contributed by atoms with Gasteiger partial charge in [-0.25, -0.2) is 0 Å². The minimum atomic E-state index is 0.860. The van der Waals surface area contributed by atoms with Crippen LogP contribution in [0.25, 0.3) is 0 Å². The van der Waals surface area contributed by atoms with Gasteiger partial charge in [-0.2, -0.15) is 0 Å². The van der Waals surface area contributed by atoms with Gasteiger partial charge in [0, 0.05) is 25.3 Å². The number of rotatable bonds is 6. The summed E-state index contributed by atoms with van der Waals surface area (Å²) in [6.07, 6.45) is 0. The summed E-state index contributed by atoms with van der Waals surface area (Å²) < 4.78 is 0. The van der Waals surface area contributed by atoms with E-state index in [9.17, 15) is 0 Å². The maximum Gasteiger partial charge on any atom is 0.0544 e. The van der Waals surface area contributed by atoms with Gasteiger partial charge in [-0.05, 0) is 32.6 Å². The van der Waals surface area contributed by atoms with Crippen LogP contribution in [-0.4, -0.2) is 36.6 Å². The summed E-state index contributed by atoms with van der Waals surface area (Å²) in [7, 11) is 2.13. The zero-order valence-electron chi connectivity index (χ0n) is 9.95. The molecule has 0 bridgehead atoms. The zero-order chi connectivity index (χ0) is 11.1. The largest absolute Gasteiger partial charge is 0.310 e. The van der Waals surface area contributed by atoms with Crippen LogP contribution in [0.2, 0.25) is 0 Å². The first-order valence-corrected chi connectivity index (χ1v) is 5.54. The Balaban J connectivity index is 2.20. The van der Waals surface area contributed by atoms with E-state index in [0.29, 0.717) is 0 Å². The number of nitrogens with one attached hydrogen (secondary N) is 1. The van der Waals surface area contributed by atoms with Crippen LogP contribution in [0.1, 0.15) is 18.3 Å². The smallest absolute Gasteiger partial charge is 0.0544 e. The van der Waals surface area contributed by atoms with E-state index in [2.05, 4.69) is 41.3 Å². The molecule has 0 fully saturated rings. The maximum atomic E-state index is 4.43. The molecule has 1 rings (SSSR count). The normalized spacial score (nSPS) is 10.9. The van der Waals surface area contributed by atoms with Crippen molar-refractivity contribution < 1.29 is 0 Å². The van der Waals surface area contributed by atoms with E-state index in [1.54, 1.807) is 0 Å². The molecule has 84 valence electrons. The monoisotopic (exact) mass is 207 g/mol. The Bertz CT molecular complexity index is 286. The van der Waals surface area contributed by atoms with Gasteiger partial charge in [0.25, 0.3) is 0 Å². The van der Waals surface area contributed by atoms with Gasteiger partial charge in [0.1, 0.15) is 0 Å². The van der Waals surface area contributed by atoms with Crippen molar-refractivity contribution in [2.45, 2.75) is 20.4 Å². The van der Waals surface area contributed by atoms with E-state index in [-0.39, 0.29) is 0 Å². The lowest BCUT2D eigenvalue weighted by atomic mass is 10.3. The summed E-state index contributed by atoms with van der Waals surface area (Å²) in [4.78, 5) is 6.72. The van der Waals surface area contributed by atoms with Crippen molar-refractivity contribution in [2.75, 3.05) is 26.7 Å². The summed E-state index contributed by atoms with van der Waals surface area (Å²) in [5, 5.41) is 3.39. The second-order valence-electron chi connectivity index (χ2n) is 3.84. The Labute approximate surface area is 92.5 Å². The van der Waals surface area contributed by atoms with Crippen molar-refractivity contribution in [1.82, 2.24) is 15.2 Å². The molecule has 15 heavy (non-hydrogen) atoms. The maximum absolute atomic E-state index is 4.43. The van der Waals surface area contributed by atoms with Gasteiger partial charge in [0.2, 0.25) is 0 Å². The van der Waals surface area contributed by atoms with Gasteiger partial charge < -0.3 is 10.2 Å². The van der Waals surface area contributed by atoms with Crippen LogP contribution in [0.15, 0.2) is 18.2 Å². The molecule has 1 aromatic heterocycles. The minimum Gasteiger partial charge on any atom is -0.310 e. The molecular formula is C12H21N3. The topological polar surface area (TPSA) is 28.2 Å². The fourth-order valence-electron chi connectivity index (χ4n) is 1.34. The third-order valence-corrected chi connectivity index (χ3v) is 2.46. The lowest BCUT2D eigenvalue weighted by Gasteiger charge is -2.13. The molecule has 0 radical (unpaired) electrons. The summed E-state index contributed by atoms with van der Waals surface area (Å²) in [6, 6.07) is 6.13. The van der Waals surface area contributed by atoms with E-state index in [4.69, 9.17) is 0 Å². The van der Waals surface area contributed by atoms with Crippen LogP contribution in [0.4, 0.5) is 0 Å². The average Bonchev–Trinajstić information content (AvgIpc) is 2.24. The Hall–Kier alpha value is -0.930. The van der Waals surface area contributed by atoms with E-state index in [1.807, 2.05) is 13.0 Å². The Kier molecular flexibility index (Phi) is 5.29. The van der Waals surface area contributed by atoms with Crippen molar-refractivity contribution in [2.24, 2.45) is 0 Å². The van der Waals surface area contributed by atoms with Crippen molar-refractivity contribution in [3.05, 3.63) is 29.6 Å². The molecule has 3 nitrogen and oxygen atoms in total. The molecule has 0 saturated heterocycles. The van der Waals surface area contributed by atoms with Gasteiger partial charge in [0.15, 0.2) is 0 Å². The lowest BCUT2D eigenvalue weighted by Crippen LogP contribution is -2.28. The summed E-state index contributed by atoms with van der Waals surface area (Å²) >= 11 is 0. The highest BCUT2D eigenvalue weighted by atomic mass is 15.1. The van der Waals surface area contributed by atoms with Crippen molar-refractivity contribution in [1.29, 1.82) is 0 Å². The predicted octanol–water partition coefficient (Wildman–Crippen LogP) is 1.43. The van der Waals surface area contributed by atoms with E-state index < -0.39 is 0 Å². The molecule has 0 unspecified atom stereocenters. The van der Waals surface area contributed by atoms with Crippen molar-refractivity contribution >= 4 is 0 Å². The molecular weight excluding hydrogens is 186 g/mol. The molecule has 0 aliphatic heterocycles. The number of hydrogen-bond donors (Lipinski definition) is 1. The summed E-state index contributed by atoms with van der Waals surface area (Å²) in [5.41, 5.74) is 2.20. The first kappa shape index (κ1) is 12.1. The van der Waals surface area contributed by atoms with Crippen LogP contribution in [0, 0.1) is 6.92 Å². The predicted molar refractivity (Wildman–Crippen MR) is 63.9 cm³/mol. The highest BCUT2D eigenvalue weighted by Gasteiger charge is 1.96. The molecule has 0 amide bonds. The second kappa shape index (κ2) is 6.53. The molecule has 0 aliphatic carbocycles. The molecule has 0 saturated carbocycles. The number of likely N-dealkylation sites (N-methyl/N-ethyl adjacent to an activating group) is 1. The molecule has 0 atom stereocenters.